The number of nitrogens with two attached hydrogens (primary N) is 1. The predicted octanol–water partition coefficient (Wildman–Crippen LogP) is 1.45. The second-order valence-corrected chi connectivity index (χ2v) is 3.20. The molecule has 80 valence electrons. The van der Waals surface area contributed by atoms with Crippen molar-refractivity contribution in [1.82, 2.24) is 0 Å². The molecule has 0 heterocycles. The van der Waals surface area contributed by atoms with Gasteiger partial charge in [-0.05, 0) is 23.7 Å². The minimum Gasteiger partial charge on any atom is -0.426 e. The van der Waals surface area contributed by atoms with E-state index in [0.29, 0.717) is 5.56 Å². The molecule has 0 atom stereocenters. The minimum absolute atomic E-state index is 0.0806. The standard InChI is InChI=1S/C10H10ClNO3/c1-6(13)15-9-4-2-3-7(10(11)14)8(9)5-12/h2-4H,5,12H2,1H3. The highest BCUT2D eigenvalue weighted by Crippen LogP contribution is 2.23. The van der Waals surface area contributed by atoms with Crippen LogP contribution in [0.5, 0.6) is 5.75 Å². The number of benzene rings is 1. The second-order valence-electron chi connectivity index (χ2n) is 2.85. The van der Waals surface area contributed by atoms with Crippen LogP contribution in [-0.2, 0) is 11.3 Å². The van der Waals surface area contributed by atoms with Gasteiger partial charge in [-0.2, -0.15) is 0 Å². The van der Waals surface area contributed by atoms with Crippen LogP contribution in [0.15, 0.2) is 18.2 Å². The van der Waals surface area contributed by atoms with Crippen LogP contribution >= 0.6 is 11.6 Å². The smallest absolute Gasteiger partial charge is 0.308 e. The molecular formula is C10H10ClNO3. The normalized spacial score (nSPS) is 9.80. The van der Waals surface area contributed by atoms with Crippen LogP contribution in [0.25, 0.3) is 0 Å². The number of hydrogen-bond donors (Lipinski definition) is 1. The maximum Gasteiger partial charge on any atom is 0.308 e. The summed E-state index contributed by atoms with van der Waals surface area (Å²) in [6.07, 6.45) is 0. The number of halogens is 1. The summed E-state index contributed by atoms with van der Waals surface area (Å²) >= 11 is 5.36. The zero-order valence-electron chi connectivity index (χ0n) is 8.12. The Morgan fingerprint density at radius 3 is 2.60 bits per heavy atom. The fraction of sp³-hybridized carbons (Fsp3) is 0.200. The van der Waals surface area contributed by atoms with Gasteiger partial charge in [-0.25, -0.2) is 0 Å². The van der Waals surface area contributed by atoms with Crippen LogP contribution < -0.4 is 10.5 Å². The van der Waals surface area contributed by atoms with Crippen molar-refractivity contribution in [2.24, 2.45) is 5.73 Å². The van der Waals surface area contributed by atoms with Crippen LogP contribution in [0.4, 0.5) is 0 Å². The van der Waals surface area contributed by atoms with Gasteiger partial charge in [0.25, 0.3) is 5.24 Å². The number of ether oxygens (including phenoxy) is 1. The van der Waals surface area contributed by atoms with Crippen molar-refractivity contribution in [1.29, 1.82) is 0 Å². The van der Waals surface area contributed by atoms with Crippen molar-refractivity contribution in [3.63, 3.8) is 0 Å². The Hall–Kier alpha value is -1.39. The SMILES string of the molecule is CC(=O)Oc1cccc(C(=O)Cl)c1CN. The van der Waals surface area contributed by atoms with E-state index >= 15 is 0 Å². The molecule has 5 heteroatoms. The fourth-order valence-electron chi connectivity index (χ4n) is 1.21. The summed E-state index contributed by atoms with van der Waals surface area (Å²) in [6, 6.07) is 4.67. The lowest BCUT2D eigenvalue weighted by Gasteiger charge is -2.09. The third-order valence-electron chi connectivity index (χ3n) is 1.80. The zero-order valence-corrected chi connectivity index (χ0v) is 8.88. The first kappa shape index (κ1) is 11.7. The Morgan fingerprint density at radius 2 is 2.13 bits per heavy atom. The van der Waals surface area contributed by atoms with Crippen molar-refractivity contribution < 1.29 is 14.3 Å². The van der Waals surface area contributed by atoms with Gasteiger partial charge < -0.3 is 10.5 Å². The van der Waals surface area contributed by atoms with Gasteiger partial charge in [0.05, 0.1) is 0 Å². The Labute approximate surface area is 92.0 Å². The van der Waals surface area contributed by atoms with Crippen LogP contribution in [0.1, 0.15) is 22.8 Å². The summed E-state index contributed by atoms with van der Waals surface area (Å²) in [5.41, 5.74) is 6.16. The molecule has 0 amide bonds. The summed E-state index contributed by atoms with van der Waals surface area (Å²) in [4.78, 5) is 21.8. The van der Waals surface area contributed by atoms with Crippen LogP contribution in [0.2, 0.25) is 0 Å². The molecule has 4 nitrogen and oxygen atoms in total. The topological polar surface area (TPSA) is 69.4 Å². The van der Waals surface area contributed by atoms with Gasteiger partial charge >= 0.3 is 5.97 Å². The molecule has 0 spiro atoms. The van der Waals surface area contributed by atoms with E-state index in [1.54, 1.807) is 12.1 Å². The lowest BCUT2D eigenvalue weighted by molar-refractivity contribution is -0.131. The van der Waals surface area contributed by atoms with E-state index < -0.39 is 11.2 Å². The van der Waals surface area contributed by atoms with Crippen LogP contribution in [0.3, 0.4) is 0 Å². The van der Waals surface area contributed by atoms with Gasteiger partial charge in [0.1, 0.15) is 5.75 Å². The molecule has 1 aromatic rings. The number of carbonyl (C=O) groups excluding carboxylic acids is 2. The molecule has 2 N–H and O–H groups in total. The van der Waals surface area contributed by atoms with E-state index in [1.165, 1.54) is 13.0 Å². The largest absolute Gasteiger partial charge is 0.426 e. The summed E-state index contributed by atoms with van der Waals surface area (Å²) in [5, 5.41) is -0.621. The van der Waals surface area contributed by atoms with Gasteiger partial charge in [-0.15, -0.1) is 0 Å². The lowest BCUT2D eigenvalue weighted by Crippen LogP contribution is -2.10. The molecule has 15 heavy (non-hydrogen) atoms. The zero-order chi connectivity index (χ0) is 11.4. The molecule has 0 unspecified atom stereocenters. The third kappa shape index (κ3) is 2.78. The molecule has 0 saturated carbocycles. The Kier molecular flexibility index (Phi) is 3.82. The van der Waals surface area contributed by atoms with Crippen LogP contribution in [0, 0.1) is 0 Å². The van der Waals surface area contributed by atoms with E-state index in [-0.39, 0.29) is 17.9 Å². The summed E-state index contributed by atoms with van der Waals surface area (Å²) in [5.74, 6) is -0.194. The van der Waals surface area contributed by atoms with Gasteiger partial charge in [0.2, 0.25) is 0 Å². The first-order chi connectivity index (χ1) is 7.06. The highest BCUT2D eigenvalue weighted by atomic mass is 35.5. The molecule has 1 aromatic carbocycles. The minimum atomic E-state index is -0.621. The van der Waals surface area contributed by atoms with E-state index in [0.717, 1.165) is 0 Å². The first-order valence-electron chi connectivity index (χ1n) is 4.26. The van der Waals surface area contributed by atoms with E-state index in [1.807, 2.05) is 0 Å². The maximum atomic E-state index is 11.0. The molecule has 1 rings (SSSR count). The van der Waals surface area contributed by atoms with Crippen molar-refractivity contribution in [2.75, 3.05) is 0 Å². The molecule has 0 aliphatic carbocycles. The van der Waals surface area contributed by atoms with Crippen molar-refractivity contribution in [3.8, 4) is 5.75 Å². The van der Waals surface area contributed by atoms with Gasteiger partial charge in [0, 0.05) is 24.6 Å². The van der Waals surface area contributed by atoms with E-state index in [4.69, 9.17) is 22.1 Å². The number of carbonyl (C=O) groups is 2. The number of rotatable bonds is 3. The molecule has 0 radical (unpaired) electrons. The summed E-state index contributed by atoms with van der Waals surface area (Å²) in [6.45, 7) is 1.35. The third-order valence-corrected chi connectivity index (χ3v) is 2.01. The highest BCUT2D eigenvalue weighted by Gasteiger charge is 2.13. The van der Waals surface area contributed by atoms with Crippen molar-refractivity contribution in [2.45, 2.75) is 13.5 Å². The molecule has 0 bridgehead atoms. The maximum absolute atomic E-state index is 11.0. The fourth-order valence-corrected chi connectivity index (χ4v) is 1.39. The van der Waals surface area contributed by atoms with Crippen molar-refractivity contribution in [3.05, 3.63) is 29.3 Å². The molecule has 0 aromatic heterocycles. The quantitative estimate of drug-likeness (QED) is 0.482. The average molecular weight is 228 g/mol. The molecule has 0 saturated heterocycles. The van der Waals surface area contributed by atoms with Crippen molar-refractivity contribution >= 4 is 22.8 Å². The van der Waals surface area contributed by atoms with E-state index in [9.17, 15) is 9.59 Å². The number of esters is 1. The highest BCUT2D eigenvalue weighted by molar-refractivity contribution is 6.68. The summed E-state index contributed by atoms with van der Waals surface area (Å²) in [7, 11) is 0. The Morgan fingerprint density at radius 1 is 1.47 bits per heavy atom. The lowest BCUT2D eigenvalue weighted by atomic mass is 10.1. The molecular weight excluding hydrogens is 218 g/mol. The molecule has 0 aliphatic rings. The van der Waals surface area contributed by atoms with Gasteiger partial charge in [0.15, 0.2) is 0 Å². The molecule has 0 aliphatic heterocycles. The Balaban J connectivity index is 3.21. The number of hydrogen-bond acceptors (Lipinski definition) is 4. The monoisotopic (exact) mass is 227 g/mol. The van der Waals surface area contributed by atoms with Gasteiger partial charge in [-0.3, -0.25) is 9.59 Å². The first-order valence-corrected chi connectivity index (χ1v) is 4.64. The Bertz CT molecular complexity index is 404. The second kappa shape index (κ2) is 4.91. The predicted molar refractivity (Wildman–Crippen MR) is 55.8 cm³/mol. The average Bonchev–Trinajstić information content (AvgIpc) is 2.16. The van der Waals surface area contributed by atoms with Gasteiger partial charge in [-0.1, -0.05) is 6.07 Å². The summed E-state index contributed by atoms with van der Waals surface area (Å²) < 4.78 is 4.90. The molecule has 0 fully saturated rings. The van der Waals surface area contributed by atoms with Crippen LogP contribution in [-0.4, -0.2) is 11.2 Å². The van der Waals surface area contributed by atoms with E-state index in [2.05, 4.69) is 0 Å².